The topological polar surface area (TPSA) is 84.0 Å². The second-order valence-corrected chi connectivity index (χ2v) is 1.99. The number of nitrogens with zero attached hydrogens (tertiary/aromatic N) is 3. The summed E-state index contributed by atoms with van der Waals surface area (Å²) in [5.41, 5.74) is 13.4. The maximum Gasteiger partial charge on any atom is 0.196 e. The Hall–Kier alpha value is -0.770. The largest absolute Gasteiger partial charge is 0.354 e. The Morgan fingerprint density at radius 3 is 3.00 bits per heavy atom. The van der Waals surface area contributed by atoms with Crippen molar-refractivity contribution >= 4 is 0 Å². The first-order valence-electron chi connectivity index (χ1n) is 2.76. The minimum absolute atomic E-state index is 0.593. The fourth-order valence-corrected chi connectivity index (χ4v) is 0.801. The number of hydrogen-bond donors (Lipinski definition) is 1. The van der Waals surface area contributed by atoms with Gasteiger partial charge in [-0.25, -0.2) is 0 Å². The molecular weight excluding hydrogens is 120 g/mol. The van der Waals surface area contributed by atoms with Crippen molar-refractivity contribution in [2.24, 2.45) is 10.8 Å². The van der Waals surface area contributed by atoms with Crippen LogP contribution in [0, 0.1) is 0 Å². The SMILES string of the molecule is [N-]=[N+]=NC1(N)CCCO1. The van der Waals surface area contributed by atoms with Crippen LogP contribution in [0.3, 0.4) is 0 Å². The molecule has 2 N–H and O–H groups in total. The molecule has 1 aliphatic heterocycles. The van der Waals surface area contributed by atoms with Gasteiger partial charge in [0.05, 0.1) is 0 Å². The normalized spacial score (nSPS) is 33.9. The van der Waals surface area contributed by atoms with E-state index in [-0.39, 0.29) is 0 Å². The average molecular weight is 128 g/mol. The molecule has 0 saturated carbocycles. The zero-order chi connectivity index (χ0) is 6.74. The molecule has 9 heavy (non-hydrogen) atoms. The highest BCUT2D eigenvalue weighted by atomic mass is 16.5. The van der Waals surface area contributed by atoms with Gasteiger partial charge in [-0.05, 0) is 23.5 Å². The van der Waals surface area contributed by atoms with E-state index in [0.29, 0.717) is 13.0 Å². The van der Waals surface area contributed by atoms with Crippen molar-refractivity contribution in [1.29, 1.82) is 0 Å². The Labute approximate surface area is 52.4 Å². The van der Waals surface area contributed by atoms with Crippen molar-refractivity contribution in [2.75, 3.05) is 6.61 Å². The van der Waals surface area contributed by atoms with E-state index in [1.165, 1.54) is 0 Å². The predicted octanol–water partition coefficient (Wildman–Crippen LogP) is 0.720. The number of hydrogen-bond acceptors (Lipinski definition) is 3. The Morgan fingerprint density at radius 2 is 2.56 bits per heavy atom. The van der Waals surface area contributed by atoms with Crippen molar-refractivity contribution in [3.05, 3.63) is 10.4 Å². The molecule has 1 rings (SSSR count). The lowest BCUT2D eigenvalue weighted by Gasteiger charge is -2.13. The van der Waals surface area contributed by atoms with E-state index >= 15 is 0 Å². The second-order valence-electron chi connectivity index (χ2n) is 1.99. The van der Waals surface area contributed by atoms with Crippen molar-refractivity contribution in [3.63, 3.8) is 0 Å². The van der Waals surface area contributed by atoms with Gasteiger partial charge in [0.15, 0.2) is 5.85 Å². The first-order valence-corrected chi connectivity index (χ1v) is 2.76. The second kappa shape index (κ2) is 2.23. The summed E-state index contributed by atoms with van der Waals surface area (Å²) in [6, 6.07) is 0. The standard InChI is InChI=1S/C4H8N4O/c5-4(7-8-6)2-1-3-9-4/h1-3,5H2. The first kappa shape index (κ1) is 6.35. The van der Waals surface area contributed by atoms with E-state index in [4.69, 9.17) is 16.0 Å². The van der Waals surface area contributed by atoms with Crippen LogP contribution >= 0.6 is 0 Å². The van der Waals surface area contributed by atoms with Crippen molar-refractivity contribution in [1.82, 2.24) is 0 Å². The van der Waals surface area contributed by atoms with Gasteiger partial charge >= 0.3 is 0 Å². The van der Waals surface area contributed by atoms with Gasteiger partial charge in [0.1, 0.15) is 0 Å². The van der Waals surface area contributed by atoms with E-state index in [9.17, 15) is 0 Å². The van der Waals surface area contributed by atoms with E-state index in [1.54, 1.807) is 0 Å². The van der Waals surface area contributed by atoms with Gasteiger partial charge in [-0.2, -0.15) is 0 Å². The van der Waals surface area contributed by atoms with Crippen molar-refractivity contribution < 1.29 is 4.74 Å². The van der Waals surface area contributed by atoms with Crippen LogP contribution < -0.4 is 5.73 Å². The van der Waals surface area contributed by atoms with Gasteiger partial charge in [-0.15, -0.1) is 0 Å². The summed E-state index contributed by atoms with van der Waals surface area (Å²) in [7, 11) is 0. The smallest absolute Gasteiger partial charge is 0.196 e. The van der Waals surface area contributed by atoms with Gasteiger partial charge in [-0.1, -0.05) is 0 Å². The molecule has 1 atom stereocenters. The molecule has 0 aromatic heterocycles. The molecule has 1 aliphatic rings. The number of azide groups is 1. The van der Waals surface area contributed by atoms with Crippen LogP contribution in [0.25, 0.3) is 10.4 Å². The van der Waals surface area contributed by atoms with Gasteiger partial charge in [0.25, 0.3) is 0 Å². The summed E-state index contributed by atoms with van der Waals surface area (Å²) >= 11 is 0. The molecule has 5 heteroatoms. The lowest BCUT2D eigenvalue weighted by Crippen LogP contribution is -2.35. The third-order valence-electron chi connectivity index (χ3n) is 1.25. The quantitative estimate of drug-likeness (QED) is 0.320. The van der Waals surface area contributed by atoms with E-state index < -0.39 is 5.85 Å². The van der Waals surface area contributed by atoms with Crippen molar-refractivity contribution in [3.8, 4) is 0 Å². The Balaban J connectivity index is 2.61. The molecule has 1 saturated heterocycles. The Kier molecular flexibility index (Phi) is 1.57. The van der Waals surface area contributed by atoms with Crippen LogP contribution in [0.2, 0.25) is 0 Å². The van der Waals surface area contributed by atoms with Crippen LogP contribution in [0.15, 0.2) is 5.11 Å². The minimum Gasteiger partial charge on any atom is -0.354 e. The third-order valence-corrected chi connectivity index (χ3v) is 1.25. The molecule has 50 valence electrons. The molecule has 0 radical (unpaired) electrons. The minimum atomic E-state index is -1.05. The highest BCUT2D eigenvalue weighted by Crippen LogP contribution is 2.20. The zero-order valence-electron chi connectivity index (χ0n) is 4.95. The lowest BCUT2D eigenvalue weighted by atomic mass is 10.3. The molecule has 0 spiro atoms. The van der Waals surface area contributed by atoms with Gasteiger partial charge in [0.2, 0.25) is 0 Å². The highest BCUT2D eigenvalue weighted by molar-refractivity contribution is 4.75. The molecule has 5 nitrogen and oxygen atoms in total. The molecule has 0 aliphatic carbocycles. The maximum atomic E-state index is 7.99. The maximum absolute atomic E-state index is 7.99. The summed E-state index contributed by atoms with van der Waals surface area (Å²) in [6.45, 7) is 0.593. The highest BCUT2D eigenvalue weighted by Gasteiger charge is 2.28. The average Bonchev–Trinajstić information content (AvgIpc) is 2.16. The Morgan fingerprint density at radius 1 is 1.78 bits per heavy atom. The van der Waals surface area contributed by atoms with Gasteiger partial charge < -0.3 is 4.74 Å². The molecule has 1 heterocycles. The van der Waals surface area contributed by atoms with Crippen LogP contribution in [0.1, 0.15) is 12.8 Å². The molecule has 1 unspecified atom stereocenters. The number of nitrogens with two attached hydrogens (primary N) is 1. The molecule has 0 bridgehead atoms. The van der Waals surface area contributed by atoms with E-state index in [1.807, 2.05) is 0 Å². The summed E-state index contributed by atoms with van der Waals surface area (Å²) < 4.78 is 4.94. The van der Waals surface area contributed by atoms with Crippen molar-refractivity contribution in [2.45, 2.75) is 18.7 Å². The van der Waals surface area contributed by atoms with E-state index in [0.717, 1.165) is 6.42 Å². The first-order chi connectivity index (χ1) is 4.27. The fourth-order valence-electron chi connectivity index (χ4n) is 0.801. The molecule has 0 aromatic rings. The molecule has 0 aromatic carbocycles. The molecule has 1 fully saturated rings. The van der Waals surface area contributed by atoms with E-state index in [2.05, 4.69) is 10.0 Å². The lowest BCUT2D eigenvalue weighted by molar-refractivity contribution is 0.0157. The van der Waals surface area contributed by atoms with Gasteiger partial charge in [-0.3, -0.25) is 5.73 Å². The predicted molar refractivity (Wildman–Crippen MR) is 31.3 cm³/mol. The van der Waals surface area contributed by atoms with Crippen LogP contribution in [0.4, 0.5) is 0 Å². The number of rotatable bonds is 1. The van der Waals surface area contributed by atoms with Crippen LogP contribution in [-0.4, -0.2) is 12.5 Å². The zero-order valence-corrected chi connectivity index (χ0v) is 4.95. The van der Waals surface area contributed by atoms with Crippen LogP contribution in [-0.2, 0) is 4.74 Å². The Bertz CT molecular complexity index is 145. The third kappa shape index (κ3) is 1.32. The summed E-state index contributed by atoms with van der Waals surface area (Å²) in [4.78, 5) is 2.56. The van der Waals surface area contributed by atoms with Gasteiger partial charge in [0, 0.05) is 11.5 Å². The fraction of sp³-hybridized carbons (Fsp3) is 1.00. The number of ether oxygens (including phenoxy) is 1. The monoisotopic (exact) mass is 128 g/mol. The summed E-state index contributed by atoms with van der Waals surface area (Å²) in [5, 5.41) is 3.29. The van der Waals surface area contributed by atoms with Crippen LogP contribution in [0.5, 0.6) is 0 Å². The molecule has 0 amide bonds. The summed E-state index contributed by atoms with van der Waals surface area (Å²) in [5.74, 6) is -1.05. The summed E-state index contributed by atoms with van der Waals surface area (Å²) in [6.07, 6.45) is 1.49. The molecular formula is C4H8N4O.